The number of nitrogens with zero attached hydrogens (tertiary/aromatic N) is 4. The van der Waals surface area contributed by atoms with E-state index in [1.54, 1.807) is 11.2 Å². The molecule has 0 bridgehead atoms. The Hall–Kier alpha value is -1.63. The van der Waals surface area contributed by atoms with Crippen LogP contribution in [0.3, 0.4) is 0 Å². The summed E-state index contributed by atoms with van der Waals surface area (Å²) in [7, 11) is 0. The van der Waals surface area contributed by atoms with Crippen LogP contribution in [-0.4, -0.2) is 50.5 Å². The number of aryl methyl sites for hydroxylation is 1. The van der Waals surface area contributed by atoms with Crippen LogP contribution in [0.15, 0.2) is 6.33 Å². The van der Waals surface area contributed by atoms with Crippen molar-refractivity contribution in [1.29, 1.82) is 0 Å². The smallest absolute Gasteiger partial charge is 0.410 e. The molecular formula is C15H27N5O2. The zero-order valence-electron chi connectivity index (χ0n) is 14.0. The van der Waals surface area contributed by atoms with E-state index in [1.165, 1.54) is 0 Å². The fourth-order valence-electron chi connectivity index (χ4n) is 2.55. The minimum absolute atomic E-state index is 0.226. The summed E-state index contributed by atoms with van der Waals surface area (Å²) in [6, 6.07) is 0.267. The van der Waals surface area contributed by atoms with E-state index in [1.807, 2.05) is 25.3 Å². The zero-order valence-corrected chi connectivity index (χ0v) is 14.0. The molecule has 7 nitrogen and oxygen atoms in total. The predicted molar refractivity (Wildman–Crippen MR) is 83.4 cm³/mol. The van der Waals surface area contributed by atoms with Crippen molar-refractivity contribution in [1.82, 2.24) is 25.0 Å². The molecule has 2 heterocycles. The summed E-state index contributed by atoms with van der Waals surface area (Å²) in [6.45, 7) is 10.7. The molecule has 0 aliphatic carbocycles. The minimum Gasteiger partial charge on any atom is -0.444 e. The van der Waals surface area contributed by atoms with Gasteiger partial charge in [-0.25, -0.2) is 4.79 Å². The maximum atomic E-state index is 12.1. The quantitative estimate of drug-likeness (QED) is 0.918. The molecule has 1 saturated heterocycles. The van der Waals surface area contributed by atoms with Crippen molar-refractivity contribution in [2.24, 2.45) is 0 Å². The normalized spacial score (nSPS) is 19.3. The van der Waals surface area contributed by atoms with E-state index in [2.05, 4.69) is 22.4 Å². The van der Waals surface area contributed by atoms with Crippen LogP contribution in [0.25, 0.3) is 0 Å². The van der Waals surface area contributed by atoms with Gasteiger partial charge in [-0.3, -0.25) is 0 Å². The van der Waals surface area contributed by atoms with E-state index >= 15 is 0 Å². The first-order valence-electron chi connectivity index (χ1n) is 7.97. The average molecular weight is 309 g/mol. The number of aromatic nitrogens is 3. The molecule has 22 heavy (non-hydrogen) atoms. The third-order valence-electron chi connectivity index (χ3n) is 3.66. The minimum atomic E-state index is -0.449. The number of nitrogens with one attached hydrogen (secondary N) is 1. The Morgan fingerprint density at radius 1 is 1.50 bits per heavy atom. The Balaban J connectivity index is 1.84. The molecule has 1 aromatic heterocycles. The lowest BCUT2D eigenvalue weighted by Crippen LogP contribution is -2.49. The van der Waals surface area contributed by atoms with E-state index in [0.717, 1.165) is 31.8 Å². The van der Waals surface area contributed by atoms with Crippen LogP contribution in [0.5, 0.6) is 0 Å². The highest BCUT2D eigenvalue weighted by Crippen LogP contribution is 2.15. The SMILES string of the molecule is CCn1cnnc1CNC1CCCN(C(=O)OC(C)(C)C)C1. The number of carbonyl (C=O) groups excluding carboxylic acids is 1. The van der Waals surface area contributed by atoms with E-state index < -0.39 is 5.60 Å². The van der Waals surface area contributed by atoms with E-state index in [-0.39, 0.29) is 12.1 Å². The Morgan fingerprint density at radius 3 is 2.95 bits per heavy atom. The topological polar surface area (TPSA) is 72.3 Å². The van der Waals surface area contributed by atoms with Gasteiger partial charge in [0.25, 0.3) is 0 Å². The number of ether oxygens (including phenoxy) is 1. The molecule has 1 fully saturated rings. The highest BCUT2D eigenvalue weighted by atomic mass is 16.6. The van der Waals surface area contributed by atoms with Gasteiger partial charge in [-0.15, -0.1) is 10.2 Å². The maximum Gasteiger partial charge on any atom is 0.410 e. The Kier molecular flexibility index (Phi) is 5.39. The van der Waals surface area contributed by atoms with Crippen LogP contribution in [0.2, 0.25) is 0 Å². The second-order valence-corrected chi connectivity index (χ2v) is 6.68. The molecule has 0 saturated carbocycles. The van der Waals surface area contributed by atoms with Crippen molar-refractivity contribution in [3.05, 3.63) is 12.2 Å². The van der Waals surface area contributed by atoms with E-state index in [4.69, 9.17) is 4.74 Å². The van der Waals surface area contributed by atoms with Gasteiger partial charge in [0, 0.05) is 25.7 Å². The number of rotatable bonds is 4. The monoisotopic (exact) mass is 309 g/mol. The molecule has 7 heteroatoms. The third kappa shape index (κ3) is 4.69. The largest absolute Gasteiger partial charge is 0.444 e. The molecule has 1 N–H and O–H groups in total. The first-order chi connectivity index (χ1) is 10.4. The van der Waals surface area contributed by atoms with Crippen LogP contribution in [0.1, 0.15) is 46.4 Å². The van der Waals surface area contributed by atoms with Gasteiger partial charge in [-0.1, -0.05) is 0 Å². The van der Waals surface area contributed by atoms with E-state index in [9.17, 15) is 4.79 Å². The van der Waals surface area contributed by atoms with Crippen LogP contribution in [0.4, 0.5) is 4.79 Å². The molecule has 1 amide bonds. The number of hydrogen-bond donors (Lipinski definition) is 1. The second kappa shape index (κ2) is 7.09. The van der Waals surface area contributed by atoms with Gasteiger partial charge in [0.1, 0.15) is 17.8 Å². The third-order valence-corrected chi connectivity index (χ3v) is 3.66. The van der Waals surface area contributed by atoms with Gasteiger partial charge in [-0.05, 0) is 40.5 Å². The van der Waals surface area contributed by atoms with Crippen LogP contribution in [-0.2, 0) is 17.8 Å². The predicted octanol–water partition coefficient (Wildman–Crippen LogP) is 1.79. The van der Waals surface area contributed by atoms with Gasteiger partial charge in [0.2, 0.25) is 0 Å². The van der Waals surface area contributed by atoms with Gasteiger partial charge in [-0.2, -0.15) is 0 Å². The van der Waals surface area contributed by atoms with Gasteiger partial charge < -0.3 is 19.5 Å². The molecule has 1 aliphatic heterocycles. The number of hydrogen-bond acceptors (Lipinski definition) is 5. The van der Waals surface area contributed by atoms with Gasteiger partial charge in [0.15, 0.2) is 0 Å². The Morgan fingerprint density at radius 2 is 2.27 bits per heavy atom. The van der Waals surface area contributed by atoms with Crippen molar-refractivity contribution in [3.8, 4) is 0 Å². The molecule has 0 aromatic carbocycles. The van der Waals surface area contributed by atoms with Crippen LogP contribution >= 0.6 is 0 Å². The first kappa shape index (κ1) is 16.7. The van der Waals surface area contributed by atoms with Gasteiger partial charge >= 0.3 is 6.09 Å². The molecule has 1 aliphatic rings. The second-order valence-electron chi connectivity index (χ2n) is 6.68. The molecule has 2 rings (SSSR count). The number of likely N-dealkylation sites (tertiary alicyclic amines) is 1. The number of piperidine rings is 1. The molecule has 124 valence electrons. The molecule has 0 radical (unpaired) electrons. The lowest BCUT2D eigenvalue weighted by Gasteiger charge is -2.34. The summed E-state index contributed by atoms with van der Waals surface area (Å²) in [5.41, 5.74) is -0.449. The fraction of sp³-hybridized carbons (Fsp3) is 0.800. The Bertz CT molecular complexity index is 494. The van der Waals surface area contributed by atoms with Crippen LogP contribution in [0, 0.1) is 0 Å². The summed E-state index contributed by atoms with van der Waals surface area (Å²) < 4.78 is 7.46. The van der Waals surface area contributed by atoms with Crippen molar-refractivity contribution in [2.45, 2.75) is 65.3 Å². The molecule has 1 aromatic rings. The standard InChI is InChI=1S/C15H27N5O2/c1-5-19-11-17-18-13(19)9-16-12-7-6-8-20(10-12)14(21)22-15(2,3)4/h11-12,16H,5-10H2,1-4H3. The van der Waals surface area contributed by atoms with Crippen LogP contribution < -0.4 is 5.32 Å². The number of carbonyl (C=O) groups is 1. The summed E-state index contributed by atoms with van der Waals surface area (Å²) >= 11 is 0. The molecular weight excluding hydrogens is 282 g/mol. The average Bonchev–Trinajstić information content (AvgIpc) is 2.91. The molecule has 0 spiro atoms. The molecule has 1 unspecified atom stereocenters. The first-order valence-corrected chi connectivity index (χ1v) is 7.97. The summed E-state index contributed by atoms with van der Waals surface area (Å²) in [6.07, 6.45) is 3.55. The zero-order chi connectivity index (χ0) is 16.2. The van der Waals surface area contributed by atoms with Crippen molar-refractivity contribution in [2.75, 3.05) is 13.1 Å². The summed E-state index contributed by atoms with van der Waals surface area (Å²) in [4.78, 5) is 13.9. The lowest BCUT2D eigenvalue weighted by molar-refractivity contribution is 0.0187. The summed E-state index contributed by atoms with van der Waals surface area (Å²) in [5, 5.41) is 11.5. The van der Waals surface area contributed by atoms with E-state index in [0.29, 0.717) is 13.1 Å². The fourth-order valence-corrected chi connectivity index (χ4v) is 2.55. The highest BCUT2D eigenvalue weighted by molar-refractivity contribution is 5.68. The number of amides is 1. The van der Waals surface area contributed by atoms with Crippen molar-refractivity contribution < 1.29 is 9.53 Å². The van der Waals surface area contributed by atoms with Crippen molar-refractivity contribution in [3.63, 3.8) is 0 Å². The van der Waals surface area contributed by atoms with Gasteiger partial charge in [0.05, 0.1) is 6.54 Å². The highest BCUT2D eigenvalue weighted by Gasteiger charge is 2.27. The lowest BCUT2D eigenvalue weighted by atomic mass is 10.1. The Labute approximate surface area is 132 Å². The summed E-state index contributed by atoms with van der Waals surface area (Å²) in [5.74, 6) is 0.928. The maximum absolute atomic E-state index is 12.1. The van der Waals surface area contributed by atoms with Crippen molar-refractivity contribution >= 4 is 6.09 Å². The molecule has 1 atom stereocenters.